The molecule has 2 N–H and O–H groups in total. The maximum atomic E-state index is 4.50. The van der Waals surface area contributed by atoms with Gasteiger partial charge in [0.2, 0.25) is 0 Å². The Labute approximate surface area is 74.5 Å². The molecule has 0 saturated heterocycles. The van der Waals surface area contributed by atoms with Crippen molar-refractivity contribution in [2.24, 2.45) is 5.73 Å². The summed E-state index contributed by atoms with van der Waals surface area (Å²) in [6.07, 6.45) is 0. The first kappa shape index (κ1) is 11.7. The molecule has 0 spiro atoms. The van der Waals surface area contributed by atoms with Crippen LogP contribution in [0, 0.1) is 0 Å². The van der Waals surface area contributed by atoms with Crippen molar-refractivity contribution >= 4 is 63.8 Å². The summed E-state index contributed by atoms with van der Waals surface area (Å²) < 4.78 is 0. The van der Waals surface area contributed by atoms with Crippen LogP contribution in [0.4, 0.5) is 0 Å². The monoisotopic (exact) mass is 532 g/mol. The minimum atomic E-state index is -0.633. The van der Waals surface area contributed by atoms with Crippen LogP contribution in [0.25, 0.3) is 0 Å². The van der Waals surface area contributed by atoms with Crippen molar-refractivity contribution in [3.8, 4) is 0 Å². The van der Waals surface area contributed by atoms with Crippen LogP contribution < -0.4 is 5.73 Å². The summed E-state index contributed by atoms with van der Waals surface area (Å²) in [5.74, 6) is 0. The second-order valence-corrected chi connectivity index (χ2v) is 64.7. The molecule has 0 saturated carbocycles. The third kappa shape index (κ3) is 28.3. The van der Waals surface area contributed by atoms with Crippen molar-refractivity contribution in [3.63, 3.8) is 0 Å². The second-order valence-electron chi connectivity index (χ2n) is 0.214. The van der Waals surface area contributed by atoms with Crippen molar-refractivity contribution in [1.29, 1.82) is 0 Å². The second kappa shape index (κ2) is 10.8. The van der Waals surface area contributed by atoms with Gasteiger partial charge in [-0.05, 0) is 7.05 Å². The van der Waals surface area contributed by atoms with E-state index in [1.807, 2.05) is 0 Å². The number of hydrogen-bond donors (Lipinski definition) is 1. The molecule has 0 amide bonds. The first-order valence-electron chi connectivity index (χ1n) is 1.14. The Bertz CT molecular complexity index is 15.5. The van der Waals surface area contributed by atoms with Crippen LogP contribution in [-0.2, 0) is 0 Å². The Kier molecular flexibility index (Phi) is 21.2. The zero-order chi connectivity index (χ0) is 5.58. The fraction of sp³-hybridized carbons (Fsp3) is 1.00. The van der Waals surface area contributed by atoms with E-state index in [9.17, 15) is 0 Å². The van der Waals surface area contributed by atoms with E-state index in [-0.39, 0.29) is 0 Å². The van der Waals surface area contributed by atoms with Gasteiger partial charge in [0, 0.05) is 0 Å². The van der Waals surface area contributed by atoms with Gasteiger partial charge < -0.3 is 5.73 Å². The van der Waals surface area contributed by atoms with Crippen LogP contribution >= 0.6 is 55.9 Å². The molecule has 0 aliphatic heterocycles. The predicted octanol–water partition coefficient (Wildman–Crippen LogP) is 1.85. The Morgan fingerprint density at radius 2 is 1.17 bits per heavy atom. The predicted molar refractivity (Wildman–Crippen MR) is 57.9 cm³/mol. The zero-order valence-electron chi connectivity index (χ0n) is 3.21. The van der Waals surface area contributed by atoms with Gasteiger partial charge >= 0.3 is 63.8 Å². The van der Waals surface area contributed by atoms with Gasteiger partial charge in [-0.1, -0.05) is 0 Å². The van der Waals surface area contributed by atoms with Crippen molar-refractivity contribution in [1.82, 2.24) is 0 Å². The SMILES string of the molecule is CN.[I][Sn+]([I])[I]. The number of halogens is 3. The van der Waals surface area contributed by atoms with Gasteiger partial charge in [0.25, 0.3) is 0 Å². The molecule has 0 unspecified atom stereocenters. The van der Waals surface area contributed by atoms with E-state index in [2.05, 4.69) is 61.6 Å². The Morgan fingerprint density at radius 1 is 1.17 bits per heavy atom. The Morgan fingerprint density at radius 3 is 1.17 bits per heavy atom. The molecule has 0 atom stereocenters. The summed E-state index contributed by atoms with van der Waals surface area (Å²) in [4.78, 5) is 0. The molecule has 0 aliphatic carbocycles. The van der Waals surface area contributed by atoms with E-state index in [1.54, 1.807) is 0 Å². The van der Waals surface area contributed by atoms with Gasteiger partial charge in [-0.2, -0.15) is 0 Å². The average Bonchev–Trinajstić information content (AvgIpc) is 1.41. The van der Waals surface area contributed by atoms with Gasteiger partial charge in [0.15, 0.2) is 0 Å². The van der Waals surface area contributed by atoms with Crippen molar-refractivity contribution in [3.05, 3.63) is 0 Å². The Balaban J connectivity index is 0. The molecule has 0 aliphatic rings. The van der Waals surface area contributed by atoms with Gasteiger partial charge in [0.1, 0.15) is 0 Å². The van der Waals surface area contributed by atoms with Crippen LogP contribution in [0.2, 0.25) is 0 Å². The van der Waals surface area contributed by atoms with Crippen molar-refractivity contribution in [2.75, 3.05) is 7.05 Å². The van der Waals surface area contributed by atoms with E-state index >= 15 is 0 Å². The molecule has 0 heterocycles. The maximum absolute atomic E-state index is 4.50. The third-order valence-electron chi connectivity index (χ3n) is 0. The first-order chi connectivity index (χ1) is 2.73. The van der Waals surface area contributed by atoms with Crippen molar-refractivity contribution < 1.29 is 0 Å². The molecule has 0 aromatic rings. The molecule has 6 heavy (non-hydrogen) atoms. The summed E-state index contributed by atoms with van der Waals surface area (Å²) in [7, 11) is 0.867. The molecular formula is CH5I3NSn+. The number of hydrogen-bond acceptors (Lipinski definition) is 1. The Hall–Kier alpha value is 2.95. The van der Waals surface area contributed by atoms with Crippen LogP contribution in [0.3, 0.4) is 0 Å². The minimum absolute atomic E-state index is 0.633. The normalized spacial score (nSPS) is 5.50. The standard InChI is InChI=1S/CH5N.3HI.Sn/c1-2;;;;/h2H2,1H3;3*1H;/q;;;;+4/p-3. The van der Waals surface area contributed by atoms with Crippen molar-refractivity contribution in [2.45, 2.75) is 0 Å². The summed E-state index contributed by atoms with van der Waals surface area (Å²) in [6, 6.07) is 0. The molecule has 0 rings (SSSR count). The molecule has 0 radical (unpaired) electrons. The quantitative estimate of drug-likeness (QED) is 0.376. The summed E-state index contributed by atoms with van der Waals surface area (Å²) >= 11 is 7.54. The van der Waals surface area contributed by atoms with E-state index in [0.29, 0.717) is 0 Å². The molecule has 0 aromatic heterocycles. The van der Waals surface area contributed by atoms with E-state index < -0.39 is 7.86 Å². The van der Waals surface area contributed by atoms with E-state index in [0.717, 1.165) is 0 Å². The number of rotatable bonds is 0. The summed E-state index contributed by atoms with van der Waals surface area (Å²) in [6.45, 7) is 0. The number of nitrogens with two attached hydrogens (primary N) is 1. The first-order valence-corrected chi connectivity index (χ1v) is 26.1. The van der Waals surface area contributed by atoms with E-state index in [4.69, 9.17) is 0 Å². The van der Waals surface area contributed by atoms with Gasteiger partial charge in [-0.3, -0.25) is 0 Å². The molecular weight excluding hydrogens is 525 g/mol. The molecule has 0 bridgehead atoms. The summed E-state index contributed by atoms with van der Waals surface area (Å²) in [5, 5.41) is 0. The van der Waals surface area contributed by atoms with Gasteiger partial charge in [-0.25, -0.2) is 0 Å². The zero-order valence-corrected chi connectivity index (χ0v) is 12.5. The molecule has 5 heteroatoms. The van der Waals surface area contributed by atoms with Gasteiger partial charge in [-0.15, -0.1) is 0 Å². The molecule has 0 fully saturated rings. The molecule has 0 aromatic carbocycles. The molecule has 1 nitrogen and oxygen atoms in total. The van der Waals surface area contributed by atoms with Crippen LogP contribution in [0.5, 0.6) is 0 Å². The van der Waals surface area contributed by atoms with Gasteiger partial charge in [0.05, 0.1) is 0 Å². The van der Waals surface area contributed by atoms with E-state index in [1.165, 1.54) is 7.05 Å². The fourth-order valence-corrected chi connectivity index (χ4v) is 0. The summed E-state index contributed by atoms with van der Waals surface area (Å²) in [5.41, 5.74) is 4.50. The van der Waals surface area contributed by atoms with Crippen LogP contribution in [-0.4, -0.2) is 14.9 Å². The van der Waals surface area contributed by atoms with Crippen LogP contribution in [0.1, 0.15) is 0 Å². The average molecular weight is 530 g/mol. The third-order valence-corrected chi connectivity index (χ3v) is 0. The topological polar surface area (TPSA) is 26.0 Å². The van der Waals surface area contributed by atoms with Crippen LogP contribution in [0.15, 0.2) is 0 Å². The fourth-order valence-electron chi connectivity index (χ4n) is 0. The molecule has 38 valence electrons.